The molecule has 0 bridgehead atoms. The largest absolute Gasteiger partial charge is 0.488 e. The quantitative estimate of drug-likeness (QED) is 0.393. The molecular weight excluding hydrogens is 276 g/mol. The Balaban J connectivity index is 2.22. The number of halogens is 1. The maximum atomic E-state index is 8.81. The van der Waals surface area contributed by atoms with Crippen LogP contribution in [0.5, 0.6) is 5.75 Å². The predicted octanol–water partition coefficient (Wildman–Crippen LogP) is 3.32. The number of ether oxygens (including phenoxy) is 1. The van der Waals surface area contributed by atoms with Gasteiger partial charge in [0.15, 0.2) is 5.84 Å². The van der Waals surface area contributed by atoms with E-state index in [0.717, 1.165) is 11.1 Å². The third-order valence-corrected chi connectivity index (χ3v) is 3.14. The van der Waals surface area contributed by atoms with Crippen molar-refractivity contribution in [3.05, 3.63) is 64.2 Å². The van der Waals surface area contributed by atoms with Gasteiger partial charge in [0, 0.05) is 5.02 Å². The molecule has 20 heavy (non-hydrogen) atoms. The molecule has 0 aliphatic heterocycles. The average molecular weight is 291 g/mol. The smallest absolute Gasteiger partial charge is 0.173 e. The fourth-order valence-corrected chi connectivity index (χ4v) is 1.96. The summed E-state index contributed by atoms with van der Waals surface area (Å²) in [6, 6.07) is 12.9. The second-order valence-electron chi connectivity index (χ2n) is 4.35. The Labute approximate surface area is 122 Å². The predicted molar refractivity (Wildman–Crippen MR) is 79.5 cm³/mol. The molecule has 0 radical (unpaired) electrons. The molecule has 5 heteroatoms. The van der Waals surface area contributed by atoms with Gasteiger partial charge in [-0.25, -0.2) is 0 Å². The lowest BCUT2D eigenvalue weighted by atomic mass is 10.1. The van der Waals surface area contributed by atoms with Crippen LogP contribution in [-0.2, 0) is 6.61 Å². The van der Waals surface area contributed by atoms with E-state index in [1.165, 1.54) is 0 Å². The van der Waals surface area contributed by atoms with Crippen LogP contribution in [0.15, 0.2) is 47.6 Å². The van der Waals surface area contributed by atoms with Gasteiger partial charge in [-0.1, -0.05) is 41.0 Å². The minimum Gasteiger partial charge on any atom is -0.488 e. The zero-order valence-corrected chi connectivity index (χ0v) is 11.8. The van der Waals surface area contributed by atoms with E-state index in [0.29, 0.717) is 22.9 Å². The second-order valence-corrected chi connectivity index (χ2v) is 4.79. The van der Waals surface area contributed by atoms with Crippen molar-refractivity contribution in [3.63, 3.8) is 0 Å². The van der Waals surface area contributed by atoms with Gasteiger partial charge in [0.2, 0.25) is 0 Å². The molecular formula is C15H15ClN2O2. The number of benzene rings is 2. The van der Waals surface area contributed by atoms with E-state index in [9.17, 15) is 0 Å². The van der Waals surface area contributed by atoms with Gasteiger partial charge in [-0.3, -0.25) is 0 Å². The number of rotatable bonds is 4. The fraction of sp³-hybridized carbons (Fsp3) is 0.133. The Morgan fingerprint density at radius 1 is 1.25 bits per heavy atom. The monoisotopic (exact) mass is 290 g/mol. The van der Waals surface area contributed by atoms with Crippen LogP contribution in [0.2, 0.25) is 5.02 Å². The molecule has 0 atom stereocenters. The molecule has 0 fully saturated rings. The van der Waals surface area contributed by atoms with Crippen molar-refractivity contribution in [2.24, 2.45) is 10.9 Å². The van der Waals surface area contributed by atoms with Crippen molar-refractivity contribution in [3.8, 4) is 5.75 Å². The lowest BCUT2D eigenvalue weighted by Crippen LogP contribution is -2.15. The van der Waals surface area contributed by atoms with Gasteiger partial charge in [0.05, 0.1) is 5.56 Å². The molecule has 0 heterocycles. The highest BCUT2D eigenvalue weighted by atomic mass is 35.5. The number of amidine groups is 1. The third kappa shape index (κ3) is 3.22. The average Bonchev–Trinajstić information content (AvgIpc) is 2.46. The summed E-state index contributed by atoms with van der Waals surface area (Å²) >= 11 is 5.84. The SMILES string of the molecule is Cc1cccc(/C(N)=N/O)c1OCc1ccc(Cl)cc1. The van der Waals surface area contributed by atoms with E-state index in [2.05, 4.69) is 5.16 Å². The van der Waals surface area contributed by atoms with E-state index in [1.54, 1.807) is 6.07 Å². The Bertz CT molecular complexity index is 624. The van der Waals surface area contributed by atoms with E-state index in [-0.39, 0.29) is 5.84 Å². The summed E-state index contributed by atoms with van der Waals surface area (Å²) < 4.78 is 5.80. The molecule has 4 nitrogen and oxygen atoms in total. The second kappa shape index (κ2) is 6.30. The van der Waals surface area contributed by atoms with Crippen molar-refractivity contribution in [1.29, 1.82) is 0 Å². The molecule has 2 aromatic carbocycles. The van der Waals surface area contributed by atoms with Crippen LogP contribution in [0.3, 0.4) is 0 Å². The van der Waals surface area contributed by atoms with Crippen molar-refractivity contribution >= 4 is 17.4 Å². The van der Waals surface area contributed by atoms with Gasteiger partial charge >= 0.3 is 0 Å². The van der Waals surface area contributed by atoms with Crippen molar-refractivity contribution in [2.45, 2.75) is 13.5 Å². The van der Waals surface area contributed by atoms with Gasteiger partial charge in [-0.05, 0) is 36.2 Å². The summed E-state index contributed by atoms with van der Waals surface area (Å²) in [6.45, 7) is 2.29. The van der Waals surface area contributed by atoms with Crippen LogP contribution in [0.1, 0.15) is 16.7 Å². The molecule has 0 saturated heterocycles. The summed E-state index contributed by atoms with van der Waals surface area (Å²) in [7, 11) is 0. The first-order valence-corrected chi connectivity index (χ1v) is 6.44. The molecule has 0 spiro atoms. The van der Waals surface area contributed by atoms with Crippen molar-refractivity contribution in [1.82, 2.24) is 0 Å². The summed E-state index contributed by atoms with van der Waals surface area (Å²) in [4.78, 5) is 0. The highest BCUT2D eigenvalue weighted by molar-refractivity contribution is 6.30. The van der Waals surface area contributed by atoms with Crippen molar-refractivity contribution in [2.75, 3.05) is 0 Å². The summed E-state index contributed by atoms with van der Waals surface area (Å²) in [5, 5.41) is 12.5. The molecule has 0 saturated carbocycles. The maximum Gasteiger partial charge on any atom is 0.173 e. The normalized spacial score (nSPS) is 11.4. The molecule has 0 aliphatic carbocycles. The van der Waals surface area contributed by atoms with E-state index in [4.69, 9.17) is 27.3 Å². The molecule has 0 unspecified atom stereocenters. The summed E-state index contributed by atoms with van der Waals surface area (Å²) in [5.74, 6) is 0.637. The number of hydrogen-bond acceptors (Lipinski definition) is 3. The van der Waals surface area contributed by atoms with Crippen LogP contribution < -0.4 is 10.5 Å². The number of para-hydroxylation sites is 1. The van der Waals surface area contributed by atoms with E-state index < -0.39 is 0 Å². The van der Waals surface area contributed by atoms with Crippen LogP contribution in [0.4, 0.5) is 0 Å². The van der Waals surface area contributed by atoms with Crippen LogP contribution in [0.25, 0.3) is 0 Å². The summed E-state index contributed by atoms with van der Waals surface area (Å²) in [5.41, 5.74) is 8.13. The van der Waals surface area contributed by atoms with Crippen molar-refractivity contribution < 1.29 is 9.94 Å². The number of oxime groups is 1. The molecule has 2 aromatic rings. The lowest BCUT2D eigenvalue weighted by Gasteiger charge is -2.13. The van der Waals surface area contributed by atoms with Gasteiger partial charge in [-0.2, -0.15) is 0 Å². The minimum atomic E-state index is 0.0276. The zero-order chi connectivity index (χ0) is 14.5. The van der Waals surface area contributed by atoms with Crippen LogP contribution in [0, 0.1) is 6.92 Å². The minimum absolute atomic E-state index is 0.0276. The molecule has 3 N–H and O–H groups in total. The zero-order valence-electron chi connectivity index (χ0n) is 11.0. The standard InChI is InChI=1S/C15H15ClN2O2/c1-10-3-2-4-13(15(17)18-19)14(10)20-9-11-5-7-12(16)8-6-11/h2-8,19H,9H2,1H3,(H2,17,18). The highest BCUT2D eigenvalue weighted by Crippen LogP contribution is 2.24. The lowest BCUT2D eigenvalue weighted by molar-refractivity contribution is 0.301. The molecule has 0 aromatic heterocycles. The van der Waals surface area contributed by atoms with Gasteiger partial charge in [0.25, 0.3) is 0 Å². The summed E-state index contributed by atoms with van der Waals surface area (Å²) in [6.07, 6.45) is 0. The molecule has 104 valence electrons. The fourth-order valence-electron chi connectivity index (χ4n) is 1.84. The Hall–Kier alpha value is -2.20. The van der Waals surface area contributed by atoms with Crippen LogP contribution in [-0.4, -0.2) is 11.0 Å². The number of nitrogens with two attached hydrogens (primary N) is 1. The van der Waals surface area contributed by atoms with E-state index >= 15 is 0 Å². The molecule has 0 aliphatic rings. The van der Waals surface area contributed by atoms with Gasteiger partial charge in [-0.15, -0.1) is 0 Å². The van der Waals surface area contributed by atoms with Crippen LogP contribution >= 0.6 is 11.6 Å². The van der Waals surface area contributed by atoms with Gasteiger partial charge < -0.3 is 15.7 Å². The first kappa shape index (κ1) is 14.2. The number of aryl methyl sites for hydroxylation is 1. The van der Waals surface area contributed by atoms with Gasteiger partial charge in [0.1, 0.15) is 12.4 Å². The maximum absolute atomic E-state index is 8.81. The topological polar surface area (TPSA) is 67.8 Å². The Morgan fingerprint density at radius 2 is 1.95 bits per heavy atom. The number of nitrogens with zero attached hydrogens (tertiary/aromatic N) is 1. The molecule has 2 rings (SSSR count). The van der Waals surface area contributed by atoms with E-state index in [1.807, 2.05) is 43.3 Å². The third-order valence-electron chi connectivity index (χ3n) is 2.89. The highest BCUT2D eigenvalue weighted by Gasteiger charge is 2.11. The Morgan fingerprint density at radius 3 is 2.60 bits per heavy atom. The Kier molecular flexibility index (Phi) is 4.48. The molecule has 0 amide bonds. The number of hydrogen-bond donors (Lipinski definition) is 2. The first-order chi connectivity index (χ1) is 9.61. The first-order valence-electron chi connectivity index (χ1n) is 6.06.